The average Bonchev–Trinajstić information content (AvgIpc) is 3.23. The van der Waals surface area contributed by atoms with E-state index in [2.05, 4.69) is 61.7 Å². The van der Waals surface area contributed by atoms with Gasteiger partial charge in [0, 0.05) is 38.1 Å². The van der Waals surface area contributed by atoms with Crippen molar-refractivity contribution in [3.8, 4) is 11.4 Å². The Balaban J connectivity index is 1.59. The van der Waals surface area contributed by atoms with Gasteiger partial charge in [0.05, 0.1) is 25.8 Å². The Hall–Kier alpha value is -2.44. The minimum absolute atomic E-state index is 0.241. The number of ether oxygens (including phenoxy) is 1. The van der Waals surface area contributed by atoms with E-state index in [9.17, 15) is 0 Å². The van der Waals surface area contributed by atoms with Gasteiger partial charge in [0.2, 0.25) is 0 Å². The van der Waals surface area contributed by atoms with Gasteiger partial charge in [-0.25, -0.2) is 0 Å². The summed E-state index contributed by atoms with van der Waals surface area (Å²) in [7, 11) is 4.12. The van der Waals surface area contributed by atoms with Gasteiger partial charge in [-0.2, -0.15) is 0 Å². The van der Waals surface area contributed by atoms with Crippen molar-refractivity contribution in [1.82, 2.24) is 24.2 Å². The number of hydrogen-bond acceptors (Lipinski definition) is 4. The minimum atomic E-state index is 0.241. The van der Waals surface area contributed by atoms with Gasteiger partial charge in [-0.15, -0.1) is 10.2 Å². The molecule has 25 heavy (non-hydrogen) atoms. The Morgan fingerprint density at radius 2 is 1.92 bits per heavy atom. The van der Waals surface area contributed by atoms with Crippen LogP contribution >= 0.6 is 0 Å². The third-order valence-corrected chi connectivity index (χ3v) is 4.91. The van der Waals surface area contributed by atoms with Gasteiger partial charge in [0.15, 0.2) is 5.82 Å². The number of aryl methyl sites for hydroxylation is 1. The summed E-state index contributed by atoms with van der Waals surface area (Å²) in [4.78, 5) is 2.43. The van der Waals surface area contributed by atoms with Crippen molar-refractivity contribution in [2.45, 2.75) is 12.6 Å². The molecule has 2 aromatic heterocycles. The van der Waals surface area contributed by atoms with E-state index in [1.165, 1.54) is 5.69 Å². The van der Waals surface area contributed by atoms with E-state index in [-0.39, 0.29) is 6.04 Å². The zero-order valence-corrected chi connectivity index (χ0v) is 14.7. The van der Waals surface area contributed by atoms with Crippen molar-refractivity contribution in [2.24, 2.45) is 14.1 Å². The van der Waals surface area contributed by atoms with Gasteiger partial charge in [0.1, 0.15) is 5.82 Å². The predicted molar refractivity (Wildman–Crippen MR) is 95.8 cm³/mol. The van der Waals surface area contributed by atoms with E-state index in [4.69, 9.17) is 4.74 Å². The summed E-state index contributed by atoms with van der Waals surface area (Å²) in [5, 5.41) is 8.85. The van der Waals surface area contributed by atoms with Crippen molar-refractivity contribution in [2.75, 3.05) is 19.8 Å². The molecule has 1 aromatic carbocycles. The molecule has 1 aliphatic heterocycles. The van der Waals surface area contributed by atoms with Crippen LogP contribution in [0.1, 0.15) is 17.6 Å². The highest BCUT2D eigenvalue weighted by molar-refractivity contribution is 5.54. The lowest BCUT2D eigenvalue weighted by atomic mass is 10.1. The Morgan fingerprint density at radius 3 is 2.68 bits per heavy atom. The molecule has 3 aromatic rings. The summed E-state index contributed by atoms with van der Waals surface area (Å²) < 4.78 is 9.99. The van der Waals surface area contributed by atoms with E-state index in [1.807, 2.05) is 25.2 Å². The maximum absolute atomic E-state index is 5.74. The number of hydrogen-bond donors (Lipinski definition) is 0. The topological polar surface area (TPSA) is 48.1 Å². The fraction of sp³-hybridized carbons (Fsp3) is 0.368. The Labute approximate surface area is 147 Å². The largest absolute Gasteiger partial charge is 0.378 e. The van der Waals surface area contributed by atoms with E-state index in [0.717, 1.165) is 36.9 Å². The monoisotopic (exact) mass is 337 g/mol. The van der Waals surface area contributed by atoms with E-state index < -0.39 is 0 Å². The van der Waals surface area contributed by atoms with E-state index in [0.29, 0.717) is 6.61 Å². The first-order valence-electron chi connectivity index (χ1n) is 8.61. The van der Waals surface area contributed by atoms with Gasteiger partial charge in [0.25, 0.3) is 0 Å². The van der Waals surface area contributed by atoms with E-state index >= 15 is 0 Å². The van der Waals surface area contributed by atoms with Crippen LogP contribution in [0.3, 0.4) is 0 Å². The Kier molecular flexibility index (Phi) is 4.38. The smallest absolute Gasteiger partial charge is 0.163 e. The van der Waals surface area contributed by atoms with E-state index in [1.54, 1.807) is 0 Å². The molecule has 130 valence electrons. The fourth-order valence-electron chi connectivity index (χ4n) is 3.44. The summed E-state index contributed by atoms with van der Waals surface area (Å²) in [6.07, 6.45) is 2.08. The molecule has 1 saturated heterocycles. The second kappa shape index (κ2) is 6.82. The van der Waals surface area contributed by atoms with Crippen LogP contribution in [0.15, 0.2) is 48.7 Å². The maximum Gasteiger partial charge on any atom is 0.163 e. The highest BCUT2D eigenvalue weighted by Gasteiger charge is 2.27. The number of aromatic nitrogens is 4. The highest BCUT2D eigenvalue weighted by Crippen LogP contribution is 2.26. The number of morpholine rings is 1. The summed E-state index contributed by atoms with van der Waals surface area (Å²) in [6.45, 7) is 3.12. The molecule has 4 rings (SSSR count). The van der Waals surface area contributed by atoms with Gasteiger partial charge in [-0.05, 0) is 12.1 Å². The quantitative estimate of drug-likeness (QED) is 0.733. The van der Waals surface area contributed by atoms with Gasteiger partial charge < -0.3 is 13.9 Å². The lowest BCUT2D eigenvalue weighted by molar-refractivity contribution is -0.0166. The molecule has 0 radical (unpaired) electrons. The second-order valence-electron chi connectivity index (χ2n) is 6.47. The van der Waals surface area contributed by atoms with Crippen molar-refractivity contribution >= 4 is 0 Å². The normalized spacial score (nSPS) is 18.6. The molecule has 0 saturated carbocycles. The standard InChI is InChI=1S/C19H23N5O/c1-22-10-6-9-16(22)17-14-25-12-11-24(17)13-18-20-21-19(23(18)2)15-7-4-3-5-8-15/h3-10,17H,11-14H2,1-2H3. The Bertz CT molecular complexity index is 839. The summed E-state index contributed by atoms with van der Waals surface area (Å²) in [5.41, 5.74) is 2.36. The lowest BCUT2D eigenvalue weighted by Crippen LogP contribution is -2.40. The van der Waals surface area contributed by atoms with Crippen LogP contribution in [-0.4, -0.2) is 44.0 Å². The first kappa shape index (κ1) is 16.1. The molecule has 1 atom stereocenters. The Morgan fingerprint density at radius 1 is 1.08 bits per heavy atom. The lowest BCUT2D eigenvalue weighted by Gasteiger charge is -2.35. The predicted octanol–water partition coefficient (Wildman–Crippen LogP) is 2.39. The molecule has 0 aliphatic carbocycles. The molecule has 0 bridgehead atoms. The SMILES string of the molecule is Cn1cccc1C1COCCN1Cc1nnc(-c2ccccc2)n1C. The molecule has 1 aliphatic rings. The molecule has 0 N–H and O–H groups in total. The molecule has 0 spiro atoms. The molecule has 6 heteroatoms. The van der Waals surface area contributed by atoms with Crippen molar-refractivity contribution in [1.29, 1.82) is 0 Å². The number of nitrogens with zero attached hydrogens (tertiary/aromatic N) is 5. The van der Waals surface area contributed by atoms with Crippen molar-refractivity contribution < 1.29 is 4.74 Å². The summed E-state index contributed by atoms with van der Waals surface area (Å²) >= 11 is 0. The van der Waals surface area contributed by atoms with Gasteiger partial charge >= 0.3 is 0 Å². The third-order valence-electron chi connectivity index (χ3n) is 4.91. The third kappa shape index (κ3) is 3.10. The van der Waals surface area contributed by atoms with Crippen LogP contribution in [0.4, 0.5) is 0 Å². The number of benzene rings is 1. The molecule has 3 heterocycles. The molecule has 1 unspecified atom stereocenters. The molecular weight excluding hydrogens is 314 g/mol. The van der Waals surface area contributed by atoms with Crippen LogP contribution in [0, 0.1) is 0 Å². The van der Waals surface area contributed by atoms with Crippen LogP contribution in [-0.2, 0) is 25.4 Å². The first-order chi connectivity index (χ1) is 12.2. The summed E-state index contributed by atoms with van der Waals surface area (Å²) in [6, 6.07) is 14.7. The van der Waals surface area contributed by atoms with Crippen LogP contribution in [0.2, 0.25) is 0 Å². The molecule has 0 amide bonds. The maximum atomic E-state index is 5.74. The first-order valence-corrected chi connectivity index (χ1v) is 8.61. The average molecular weight is 337 g/mol. The summed E-state index contributed by atoms with van der Waals surface area (Å²) in [5.74, 6) is 1.87. The van der Waals surface area contributed by atoms with Crippen molar-refractivity contribution in [3.63, 3.8) is 0 Å². The van der Waals surface area contributed by atoms with Crippen LogP contribution in [0.25, 0.3) is 11.4 Å². The minimum Gasteiger partial charge on any atom is -0.378 e. The van der Waals surface area contributed by atoms with Crippen molar-refractivity contribution in [3.05, 3.63) is 60.2 Å². The second-order valence-corrected chi connectivity index (χ2v) is 6.47. The van der Waals surface area contributed by atoms with Gasteiger partial charge in [-0.1, -0.05) is 30.3 Å². The zero-order valence-electron chi connectivity index (χ0n) is 14.7. The van der Waals surface area contributed by atoms with Crippen LogP contribution in [0.5, 0.6) is 0 Å². The molecular formula is C19H23N5O. The van der Waals surface area contributed by atoms with Gasteiger partial charge in [-0.3, -0.25) is 4.90 Å². The number of rotatable bonds is 4. The fourth-order valence-corrected chi connectivity index (χ4v) is 3.44. The van der Waals surface area contributed by atoms with Crippen LogP contribution < -0.4 is 0 Å². The zero-order chi connectivity index (χ0) is 17.2. The highest BCUT2D eigenvalue weighted by atomic mass is 16.5. The molecule has 1 fully saturated rings. The molecule has 6 nitrogen and oxygen atoms in total.